The van der Waals surface area contributed by atoms with Gasteiger partial charge in [0.1, 0.15) is 5.66 Å². The molecular weight excluding hydrogens is 289 g/mol. The lowest BCUT2D eigenvalue weighted by atomic mass is 10.3. The molecule has 1 heterocycles. The third kappa shape index (κ3) is 2.94. The number of nitrogens with one attached hydrogen (secondary N) is 1. The van der Waals surface area contributed by atoms with Crippen LogP contribution in [0.1, 0.15) is 20.8 Å². The van der Waals surface area contributed by atoms with Crippen LogP contribution in [0.3, 0.4) is 0 Å². The van der Waals surface area contributed by atoms with E-state index >= 15 is 0 Å². The SMILES string of the molecule is CCSC1=NC(C)(C)NN1c1ccc(Cl)cc1Cl. The fourth-order valence-electron chi connectivity index (χ4n) is 1.69. The van der Waals surface area contributed by atoms with Crippen LogP contribution in [0.4, 0.5) is 5.69 Å². The molecule has 0 radical (unpaired) electrons. The molecule has 6 heteroatoms. The second-order valence-corrected chi connectivity index (χ2v) is 6.50. The van der Waals surface area contributed by atoms with Gasteiger partial charge < -0.3 is 0 Å². The highest BCUT2D eigenvalue weighted by Crippen LogP contribution is 2.33. The van der Waals surface area contributed by atoms with Crippen LogP contribution in [0.5, 0.6) is 0 Å². The van der Waals surface area contributed by atoms with Crippen LogP contribution in [0, 0.1) is 0 Å². The van der Waals surface area contributed by atoms with Gasteiger partial charge in [-0.15, -0.1) is 0 Å². The second kappa shape index (κ2) is 5.29. The molecule has 0 aliphatic carbocycles. The van der Waals surface area contributed by atoms with Gasteiger partial charge in [0.2, 0.25) is 0 Å². The molecule has 0 saturated heterocycles. The van der Waals surface area contributed by atoms with Crippen molar-refractivity contribution in [1.29, 1.82) is 0 Å². The van der Waals surface area contributed by atoms with Gasteiger partial charge in [0.15, 0.2) is 5.17 Å². The maximum absolute atomic E-state index is 6.24. The van der Waals surface area contributed by atoms with E-state index in [2.05, 4.69) is 17.3 Å². The van der Waals surface area contributed by atoms with Crippen molar-refractivity contribution in [2.45, 2.75) is 26.4 Å². The first kappa shape index (κ1) is 14.0. The monoisotopic (exact) mass is 303 g/mol. The summed E-state index contributed by atoms with van der Waals surface area (Å²) < 4.78 is 0. The van der Waals surface area contributed by atoms with Crippen molar-refractivity contribution in [1.82, 2.24) is 5.43 Å². The molecule has 0 fully saturated rings. The van der Waals surface area contributed by atoms with Crippen LogP contribution in [0.15, 0.2) is 23.2 Å². The van der Waals surface area contributed by atoms with Crippen LogP contribution >= 0.6 is 35.0 Å². The third-order valence-electron chi connectivity index (χ3n) is 2.38. The van der Waals surface area contributed by atoms with Gasteiger partial charge in [0, 0.05) is 5.02 Å². The van der Waals surface area contributed by atoms with E-state index in [0.29, 0.717) is 10.0 Å². The highest BCUT2D eigenvalue weighted by molar-refractivity contribution is 8.14. The lowest BCUT2D eigenvalue weighted by Gasteiger charge is -2.24. The Balaban J connectivity index is 2.35. The zero-order chi connectivity index (χ0) is 13.3. The Labute approximate surface area is 122 Å². The van der Waals surface area contributed by atoms with Gasteiger partial charge in [-0.25, -0.2) is 10.4 Å². The maximum Gasteiger partial charge on any atom is 0.180 e. The third-order valence-corrected chi connectivity index (χ3v) is 3.73. The summed E-state index contributed by atoms with van der Waals surface area (Å²) in [5.74, 6) is 0.957. The Kier molecular flexibility index (Phi) is 4.11. The highest BCUT2D eigenvalue weighted by atomic mass is 35.5. The van der Waals surface area contributed by atoms with Crippen molar-refractivity contribution in [3.05, 3.63) is 28.2 Å². The number of rotatable bonds is 2. The van der Waals surface area contributed by atoms with Gasteiger partial charge >= 0.3 is 0 Å². The number of halogens is 2. The lowest BCUT2D eigenvalue weighted by Crippen LogP contribution is -2.44. The summed E-state index contributed by atoms with van der Waals surface area (Å²) in [4.78, 5) is 4.63. The largest absolute Gasteiger partial charge is 0.251 e. The number of amidine groups is 1. The minimum absolute atomic E-state index is 0.319. The molecule has 1 aromatic carbocycles. The molecule has 0 aromatic heterocycles. The molecule has 18 heavy (non-hydrogen) atoms. The Morgan fingerprint density at radius 2 is 2.11 bits per heavy atom. The summed E-state index contributed by atoms with van der Waals surface area (Å²) in [5, 5.41) is 4.08. The summed E-state index contributed by atoms with van der Waals surface area (Å²) in [6, 6.07) is 5.45. The standard InChI is InChI=1S/C12H15Cl2N3S/c1-4-18-11-15-12(2,3)16-17(11)10-6-5-8(13)7-9(10)14/h5-7,16H,4H2,1-3H3. The van der Waals surface area contributed by atoms with Crippen molar-refractivity contribution < 1.29 is 0 Å². The zero-order valence-electron chi connectivity index (χ0n) is 10.5. The summed E-state index contributed by atoms with van der Waals surface area (Å²) in [6.07, 6.45) is 0. The van der Waals surface area contributed by atoms with Gasteiger partial charge in [-0.05, 0) is 37.8 Å². The van der Waals surface area contributed by atoms with Gasteiger partial charge in [0.05, 0.1) is 10.7 Å². The number of benzene rings is 1. The number of thioether (sulfide) groups is 1. The van der Waals surface area contributed by atoms with Gasteiger partial charge in [-0.3, -0.25) is 5.01 Å². The van der Waals surface area contributed by atoms with E-state index in [4.69, 9.17) is 23.2 Å². The number of anilines is 1. The summed E-state index contributed by atoms with van der Waals surface area (Å²) in [7, 11) is 0. The molecule has 0 saturated carbocycles. The van der Waals surface area contributed by atoms with Crippen LogP contribution in [-0.2, 0) is 0 Å². The first-order valence-corrected chi connectivity index (χ1v) is 7.43. The van der Waals surface area contributed by atoms with Crippen molar-refractivity contribution in [3.8, 4) is 0 Å². The van der Waals surface area contributed by atoms with E-state index in [1.807, 2.05) is 31.0 Å². The first-order valence-electron chi connectivity index (χ1n) is 5.68. The fraction of sp³-hybridized carbons (Fsp3) is 0.417. The lowest BCUT2D eigenvalue weighted by molar-refractivity contribution is 0.448. The molecule has 98 valence electrons. The molecule has 1 aliphatic rings. The molecule has 1 N–H and O–H groups in total. The van der Waals surface area contributed by atoms with Crippen LogP contribution in [0.25, 0.3) is 0 Å². The Morgan fingerprint density at radius 1 is 1.39 bits per heavy atom. The van der Waals surface area contributed by atoms with E-state index in [1.165, 1.54) is 0 Å². The Bertz CT molecular complexity index is 488. The fourth-order valence-corrected chi connectivity index (χ4v) is 3.00. The predicted molar refractivity (Wildman–Crippen MR) is 81.7 cm³/mol. The molecule has 0 unspecified atom stereocenters. The van der Waals surface area contributed by atoms with E-state index in [9.17, 15) is 0 Å². The van der Waals surface area contributed by atoms with E-state index in [0.717, 1.165) is 16.6 Å². The molecule has 0 amide bonds. The molecule has 0 spiro atoms. The first-order chi connectivity index (χ1) is 8.43. The minimum Gasteiger partial charge on any atom is -0.251 e. The highest BCUT2D eigenvalue weighted by Gasteiger charge is 2.32. The topological polar surface area (TPSA) is 27.6 Å². The van der Waals surface area contributed by atoms with Crippen LogP contribution < -0.4 is 10.4 Å². The average molecular weight is 304 g/mol. The number of hydrogen-bond donors (Lipinski definition) is 1. The smallest absolute Gasteiger partial charge is 0.180 e. The second-order valence-electron chi connectivity index (χ2n) is 4.43. The van der Waals surface area contributed by atoms with Gasteiger partial charge in [-0.2, -0.15) is 0 Å². The Hall–Kier alpha value is -0.420. The quantitative estimate of drug-likeness (QED) is 0.889. The van der Waals surface area contributed by atoms with Crippen molar-refractivity contribution in [3.63, 3.8) is 0 Å². The van der Waals surface area contributed by atoms with Crippen LogP contribution in [-0.4, -0.2) is 16.6 Å². The van der Waals surface area contributed by atoms with Gasteiger partial charge in [0.25, 0.3) is 0 Å². The summed E-state index contributed by atoms with van der Waals surface area (Å²) in [5.41, 5.74) is 3.87. The maximum atomic E-state index is 6.24. The van der Waals surface area contributed by atoms with E-state index < -0.39 is 0 Å². The number of nitrogens with zero attached hydrogens (tertiary/aromatic N) is 2. The van der Waals surface area contributed by atoms with Crippen molar-refractivity contribution in [2.24, 2.45) is 4.99 Å². The van der Waals surface area contributed by atoms with E-state index in [-0.39, 0.29) is 5.66 Å². The number of hydrogen-bond acceptors (Lipinski definition) is 4. The van der Waals surface area contributed by atoms with E-state index in [1.54, 1.807) is 17.8 Å². The normalized spacial score (nSPS) is 18.1. The molecule has 0 atom stereocenters. The minimum atomic E-state index is -0.319. The zero-order valence-corrected chi connectivity index (χ0v) is 12.8. The molecule has 2 rings (SSSR count). The van der Waals surface area contributed by atoms with Crippen LogP contribution in [0.2, 0.25) is 10.0 Å². The van der Waals surface area contributed by atoms with Crippen molar-refractivity contribution in [2.75, 3.05) is 10.8 Å². The number of aliphatic imine (C=N–C) groups is 1. The summed E-state index contributed by atoms with van der Waals surface area (Å²) >= 11 is 13.8. The molecule has 3 nitrogen and oxygen atoms in total. The molecule has 0 bridgehead atoms. The number of hydrazine groups is 1. The summed E-state index contributed by atoms with van der Waals surface area (Å²) in [6.45, 7) is 6.14. The molecule has 1 aliphatic heterocycles. The van der Waals surface area contributed by atoms with Gasteiger partial charge in [-0.1, -0.05) is 41.9 Å². The Morgan fingerprint density at radius 3 is 2.72 bits per heavy atom. The van der Waals surface area contributed by atoms with Crippen molar-refractivity contribution >= 4 is 45.8 Å². The molecule has 1 aromatic rings. The predicted octanol–water partition coefficient (Wildman–Crippen LogP) is 4.16. The average Bonchev–Trinajstić information content (AvgIpc) is 2.54. The molecular formula is C12H15Cl2N3S.